The van der Waals surface area contributed by atoms with Gasteiger partial charge >= 0.3 is 5.97 Å². The Morgan fingerprint density at radius 3 is 2.33 bits per heavy atom. The van der Waals surface area contributed by atoms with Crippen LogP contribution in [0.3, 0.4) is 0 Å². The molecule has 15 heavy (non-hydrogen) atoms. The largest absolute Gasteiger partial charge is 0.480 e. The van der Waals surface area contributed by atoms with Gasteiger partial charge in [-0.2, -0.15) is 0 Å². The zero-order chi connectivity index (χ0) is 12.0. The van der Waals surface area contributed by atoms with Crippen molar-refractivity contribution in [1.29, 1.82) is 0 Å². The van der Waals surface area contributed by atoms with Gasteiger partial charge in [-0.1, -0.05) is 0 Å². The summed E-state index contributed by atoms with van der Waals surface area (Å²) in [7, 11) is 0. The van der Waals surface area contributed by atoms with Gasteiger partial charge in [0.05, 0.1) is 0 Å². The van der Waals surface area contributed by atoms with E-state index >= 15 is 0 Å². The highest BCUT2D eigenvalue weighted by Gasteiger charge is 2.57. The van der Waals surface area contributed by atoms with Crippen molar-refractivity contribution in [2.75, 3.05) is 0 Å². The summed E-state index contributed by atoms with van der Waals surface area (Å²) in [6, 6.07) is 0. The predicted molar refractivity (Wildman–Crippen MR) is 55.8 cm³/mol. The maximum absolute atomic E-state index is 11.5. The van der Waals surface area contributed by atoms with Crippen LogP contribution in [0.25, 0.3) is 0 Å². The van der Waals surface area contributed by atoms with E-state index in [4.69, 9.17) is 21.3 Å². The molecule has 0 spiro atoms. The second-order valence-corrected chi connectivity index (χ2v) is 4.96. The number of halogens is 1. The molecule has 5 N–H and O–H groups in total. The monoisotopic (exact) mass is 328 g/mol. The van der Waals surface area contributed by atoms with Crippen LogP contribution < -0.4 is 11.5 Å². The Morgan fingerprint density at radius 1 is 1.47 bits per heavy atom. The minimum atomic E-state index is -1.89. The zero-order valence-corrected chi connectivity index (χ0v) is 9.85. The maximum atomic E-state index is 11.5. The second-order valence-electron chi connectivity index (χ2n) is 3.35. The Balaban J connectivity index is 3.21. The first-order chi connectivity index (χ1) is 6.59. The molecule has 1 fully saturated rings. The minimum Gasteiger partial charge on any atom is -0.480 e. The fourth-order valence-corrected chi connectivity index (χ4v) is 2.00. The van der Waals surface area contributed by atoms with Gasteiger partial charge in [0.2, 0.25) is 15.3 Å². The molecule has 0 aliphatic carbocycles. The van der Waals surface area contributed by atoms with Gasteiger partial charge in [0.1, 0.15) is 0 Å². The molecular formula is C7H9IN2O5. The number of aliphatic carboxylic acids is 1. The number of hydrogen-bond donors (Lipinski definition) is 3. The molecule has 0 aromatic carbocycles. The first-order valence-electron chi connectivity index (χ1n) is 3.88. The van der Waals surface area contributed by atoms with E-state index in [1.807, 2.05) is 0 Å². The summed E-state index contributed by atoms with van der Waals surface area (Å²) in [5, 5.41) is 8.73. The lowest BCUT2D eigenvalue weighted by molar-refractivity contribution is -0.182. The molecule has 0 amide bonds. The molecule has 84 valence electrons. The molecule has 1 rings (SSSR count). The van der Waals surface area contributed by atoms with Gasteiger partial charge in [-0.25, -0.2) is 0 Å². The van der Waals surface area contributed by atoms with Crippen LogP contribution in [0.15, 0.2) is 0 Å². The van der Waals surface area contributed by atoms with E-state index in [0.29, 0.717) is 0 Å². The summed E-state index contributed by atoms with van der Waals surface area (Å²) in [4.78, 5) is 33.7. The fourth-order valence-electron chi connectivity index (χ4n) is 1.24. The Bertz CT molecular complexity index is 325. The van der Waals surface area contributed by atoms with Crippen molar-refractivity contribution in [3.63, 3.8) is 0 Å². The van der Waals surface area contributed by atoms with Gasteiger partial charge in [0.15, 0.2) is 11.6 Å². The molecule has 3 unspecified atom stereocenters. The number of ketones is 2. The number of ether oxygens (including phenoxy) is 1. The predicted octanol–water partition coefficient (Wildman–Crippen LogP) is -1.42. The smallest absolute Gasteiger partial charge is 0.322 e. The summed E-state index contributed by atoms with van der Waals surface area (Å²) in [5.74, 6) is -5.45. The molecule has 0 bridgehead atoms. The molecule has 3 atom stereocenters. The van der Waals surface area contributed by atoms with Crippen molar-refractivity contribution in [2.45, 2.75) is 16.4 Å². The van der Waals surface area contributed by atoms with Gasteiger partial charge in [-0.05, 0) is 29.5 Å². The third-order valence-electron chi connectivity index (χ3n) is 1.96. The van der Waals surface area contributed by atoms with Crippen LogP contribution in [0.5, 0.6) is 0 Å². The lowest BCUT2D eigenvalue weighted by Gasteiger charge is -2.38. The number of hydrogen-bond acceptors (Lipinski definition) is 6. The van der Waals surface area contributed by atoms with E-state index in [0.717, 1.165) is 6.92 Å². The lowest BCUT2D eigenvalue weighted by Crippen LogP contribution is -2.68. The molecule has 1 aliphatic rings. The standard InChI is InChI=1S/C7H9IN2O5/c1-6(9)3(11)2(5(13)14)4(12)7(8,10)15-6/h2H,9-10H2,1H3,(H,13,14). The van der Waals surface area contributed by atoms with Crippen LogP contribution in [0, 0.1) is 5.92 Å². The molecule has 7 nitrogen and oxygen atoms in total. The van der Waals surface area contributed by atoms with Crippen molar-refractivity contribution < 1.29 is 24.2 Å². The lowest BCUT2D eigenvalue weighted by atomic mass is 9.89. The van der Waals surface area contributed by atoms with Gasteiger partial charge in [0.25, 0.3) is 0 Å². The van der Waals surface area contributed by atoms with E-state index < -0.39 is 32.9 Å². The Hall–Kier alpha value is -0.580. The summed E-state index contributed by atoms with van der Waals surface area (Å²) < 4.78 is 2.96. The van der Waals surface area contributed by atoms with Crippen molar-refractivity contribution in [3.8, 4) is 0 Å². The number of carboxylic acids is 1. The summed E-state index contributed by atoms with van der Waals surface area (Å²) in [6.07, 6.45) is 0. The summed E-state index contributed by atoms with van der Waals surface area (Å²) in [6.45, 7) is 1.16. The summed E-state index contributed by atoms with van der Waals surface area (Å²) in [5.41, 5.74) is 8.95. The van der Waals surface area contributed by atoms with Crippen molar-refractivity contribution >= 4 is 40.1 Å². The SMILES string of the molecule is CC1(N)OC(N)(I)C(=O)C(C(=O)O)C1=O. The second kappa shape index (κ2) is 3.47. The highest BCUT2D eigenvalue weighted by Crippen LogP contribution is 2.32. The quantitative estimate of drug-likeness (QED) is 0.233. The Kier molecular flexibility index (Phi) is 2.89. The van der Waals surface area contributed by atoms with Crippen molar-refractivity contribution in [2.24, 2.45) is 17.4 Å². The van der Waals surface area contributed by atoms with Gasteiger partial charge in [-0.3, -0.25) is 25.9 Å². The summed E-state index contributed by atoms with van der Waals surface area (Å²) >= 11 is 1.41. The molecular weight excluding hydrogens is 319 g/mol. The Morgan fingerprint density at radius 2 is 1.93 bits per heavy atom. The molecule has 0 saturated carbocycles. The first kappa shape index (κ1) is 12.5. The number of carbonyl (C=O) groups is 3. The average molecular weight is 328 g/mol. The van der Waals surface area contributed by atoms with E-state index in [1.54, 1.807) is 0 Å². The Labute approximate surface area is 98.3 Å². The normalized spacial score (nSPS) is 41.7. The van der Waals surface area contributed by atoms with Crippen LogP contribution in [0.4, 0.5) is 0 Å². The maximum Gasteiger partial charge on any atom is 0.322 e. The third kappa shape index (κ3) is 2.02. The van der Waals surface area contributed by atoms with Crippen LogP contribution in [0.2, 0.25) is 0 Å². The van der Waals surface area contributed by atoms with Crippen molar-refractivity contribution in [3.05, 3.63) is 0 Å². The number of carbonyl (C=O) groups excluding carboxylic acids is 2. The van der Waals surface area contributed by atoms with Crippen LogP contribution >= 0.6 is 22.6 Å². The van der Waals surface area contributed by atoms with Crippen molar-refractivity contribution in [1.82, 2.24) is 0 Å². The third-order valence-corrected chi connectivity index (χ3v) is 2.71. The molecule has 1 aliphatic heterocycles. The molecule has 0 aromatic rings. The molecule has 0 radical (unpaired) electrons. The molecule has 1 saturated heterocycles. The number of nitrogens with two attached hydrogens (primary N) is 2. The zero-order valence-electron chi connectivity index (χ0n) is 7.69. The van der Waals surface area contributed by atoms with E-state index in [2.05, 4.69) is 0 Å². The minimum absolute atomic E-state index is 1.00. The van der Waals surface area contributed by atoms with Crippen LogP contribution in [-0.2, 0) is 19.1 Å². The number of alkyl halides is 1. The highest BCUT2D eigenvalue weighted by molar-refractivity contribution is 14.1. The fraction of sp³-hybridized carbons (Fsp3) is 0.571. The van der Waals surface area contributed by atoms with E-state index in [9.17, 15) is 14.4 Å². The average Bonchev–Trinajstić information content (AvgIpc) is 1.99. The van der Waals surface area contributed by atoms with Crippen LogP contribution in [0.1, 0.15) is 6.92 Å². The van der Waals surface area contributed by atoms with E-state index in [-0.39, 0.29) is 0 Å². The first-order valence-corrected chi connectivity index (χ1v) is 4.96. The van der Waals surface area contributed by atoms with Gasteiger partial charge in [-0.15, -0.1) is 0 Å². The number of carboxylic acid groups (broad SMARTS) is 1. The van der Waals surface area contributed by atoms with Gasteiger partial charge in [0, 0.05) is 0 Å². The van der Waals surface area contributed by atoms with Gasteiger partial charge < -0.3 is 9.84 Å². The van der Waals surface area contributed by atoms with Crippen LogP contribution in [-0.4, -0.2) is 32.1 Å². The molecule has 0 aromatic heterocycles. The topological polar surface area (TPSA) is 133 Å². The number of rotatable bonds is 1. The molecule has 8 heteroatoms. The highest BCUT2D eigenvalue weighted by atomic mass is 127. The van der Waals surface area contributed by atoms with E-state index in [1.165, 1.54) is 22.6 Å². The number of Topliss-reactive ketones (excluding diaryl/α,β-unsaturated/α-hetero) is 2. The molecule has 1 heterocycles.